The van der Waals surface area contributed by atoms with E-state index in [1.807, 2.05) is 18.7 Å². The fourth-order valence-corrected chi connectivity index (χ4v) is 1.88. The highest BCUT2D eigenvalue weighted by atomic mass is 16.5. The molecule has 0 aromatic rings. The molecule has 1 atom stereocenters. The van der Waals surface area contributed by atoms with Crippen LogP contribution in [0.5, 0.6) is 0 Å². The van der Waals surface area contributed by atoms with E-state index in [1.54, 1.807) is 0 Å². The molecule has 104 valence electrons. The topological polar surface area (TPSA) is 67.9 Å². The molecule has 0 aromatic carbocycles. The quantitative estimate of drug-likeness (QED) is 0.691. The predicted molar refractivity (Wildman–Crippen MR) is 66.3 cm³/mol. The molecule has 0 aromatic heterocycles. The molecule has 6 heteroatoms. The molecule has 0 spiro atoms. The van der Waals surface area contributed by atoms with E-state index in [4.69, 9.17) is 9.47 Å². The van der Waals surface area contributed by atoms with E-state index in [0.717, 1.165) is 0 Å². The van der Waals surface area contributed by atoms with Crippen LogP contribution in [0, 0.1) is 0 Å². The summed E-state index contributed by atoms with van der Waals surface area (Å²) >= 11 is 0. The van der Waals surface area contributed by atoms with Crippen molar-refractivity contribution >= 4 is 11.7 Å². The Morgan fingerprint density at radius 2 is 2.22 bits per heavy atom. The number of nitrogens with zero attached hydrogens (tertiary/aromatic N) is 1. The molecule has 1 fully saturated rings. The van der Waals surface area contributed by atoms with Crippen LogP contribution in [0.4, 0.5) is 0 Å². The Morgan fingerprint density at radius 1 is 1.50 bits per heavy atom. The van der Waals surface area contributed by atoms with Gasteiger partial charge in [0.05, 0.1) is 19.8 Å². The highest BCUT2D eigenvalue weighted by Gasteiger charge is 2.30. The van der Waals surface area contributed by atoms with E-state index in [9.17, 15) is 9.59 Å². The van der Waals surface area contributed by atoms with Gasteiger partial charge in [-0.05, 0) is 13.8 Å². The number of nitrogens with one attached hydrogen (secondary N) is 1. The van der Waals surface area contributed by atoms with E-state index in [2.05, 4.69) is 5.32 Å². The smallest absolute Gasteiger partial charge is 0.239 e. The Labute approximate surface area is 108 Å². The molecule has 6 nitrogen and oxygen atoms in total. The average Bonchev–Trinajstić information content (AvgIpc) is 2.28. The number of ketones is 1. The fourth-order valence-electron chi connectivity index (χ4n) is 1.88. The first-order valence-electron chi connectivity index (χ1n) is 6.17. The molecule has 1 N–H and O–H groups in total. The standard InChI is InChI=1S/C12H22N2O4/c1-9(2)13-12(16)11-8-18-5-4-14(11)6-10(15)7-17-3/h9,11H,4-8H2,1-3H3,(H,13,16). The maximum atomic E-state index is 12.0. The minimum absolute atomic E-state index is 0.0262. The number of Topliss-reactive ketones (excluding diaryl/α,β-unsaturated/α-hetero) is 1. The number of ether oxygens (including phenoxy) is 2. The average molecular weight is 258 g/mol. The van der Waals surface area contributed by atoms with Crippen molar-refractivity contribution in [2.45, 2.75) is 25.9 Å². The van der Waals surface area contributed by atoms with Crippen molar-refractivity contribution in [3.05, 3.63) is 0 Å². The van der Waals surface area contributed by atoms with E-state index >= 15 is 0 Å². The SMILES string of the molecule is COCC(=O)CN1CCOCC1C(=O)NC(C)C. The molecule has 1 saturated heterocycles. The molecule has 1 aliphatic heterocycles. The van der Waals surface area contributed by atoms with Crippen LogP contribution in [0.1, 0.15) is 13.8 Å². The first-order chi connectivity index (χ1) is 8.54. The lowest BCUT2D eigenvalue weighted by Gasteiger charge is -2.34. The van der Waals surface area contributed by atoms with Gasteiger partial charge in [0.1, 0.15) is 12.6 Å². The number of morpholine rings is 1. The van der Waals surface area contributed by atoms with Crippen LogP contribution in [0.2, 0.25) is 0 Å². The number of amides is 1. The first-order valence-corrected chi connectivity index (χ1v) is 6.17. The van der Waals surface area contributed by atoms with Crippen LogP contribution in [0.3, 0.4) is 0 Å². The lowest BCUT2D eigenvalue weighted by molar-refractivity contribution is -0.136. The molecule has 18 heavy (non-hydrogen) atoms. The van der Waals surface area contributed by atoms with Crippen LogP contribution in [0.25, 0.3) is 0 Å². The third-order valence-electron chi connectivity index (χ3n) is 2.66. The number of rotatable bonds is 6. The number of methoxy groups -OCH3 is 1. The maximum Gasteiger partial charge on any atom is 0.239 e. The predicted octanol–water partition coefficient (Wildman–Crippen LogP) is -0.573. The third-order valence-corrected chi connectivity index (χ3v) is 2.66. The third kappa shape index (κ3) is 4.72. The van der Waals surface area contributed by atoms with Gasteiger partial charge in [-0.25, -0.2) is 0 Å². The summed E-state index contributed by atoms with van der Waals surface area (Å²) < 4.78 is 10.1. The molecule has 1 unspecified atom stereocenters. The molecule has 1 heterocycles. The van der Waals surface area contributed by atoms with Gasteiger partial charge in [-0.2, -0.15) is 0 Å². The number of carbonyl (C=O) groups is 2. The van der Waals surface area contributed by atoms with Crippen LogP contribution in [0.15, 0.2) is 0 Å². The van der Waals surface area contributed by atoms with Crippen LogP contribution in [-0.4, -0.2) is 68.7 Å². The summed E-state index contributed by atoms with van der Waals surface area (Å²) in [6, 6.07) is -0.307. The summed E-state index contributed by atoms with van der Waals surface area (Å²) in [5.74, 6) is -0.114. The van der Waals surface area contributed by atoms with Crippen molar-refractivity contribution in [3.63, 3.8) is 0 Å². The molecular weight excluding hydrogens is 236 g/mol. The first kappa shape index (κ1) is 15.1. The van der Waals surface area contributed by atoms with E-state index in [1.165, 1.54) is 7.11 Å². The van der Waals surface area contributed by atoms with Gasteiger partial charge in [0, 0.05) is 19.7 Å². The van der Waals surface area contributed by atoms with E-state index < -0.39 is 0 Å². The Morgan fingerprint density at radius 3 is 2.83 bits per heavy atom. The minimum atomic E-state index is -0.387. The van der Waals surface area contributed by atoms with Gasteiger partial charge in [-0.15, -0.1) is 0 Å². The minimum Gasteiger partial charge on any atom is -0.378 e. The van der Waals surface area contributed by atoms with Crippen molar-refractivity contribution in [3.8, 4) is 0 Å². The summed E-state index contributed by atoms with van der Waals surface area (Å²) in [6.45, 7) is 5.59. The largest absolute Gasteiger partial charge is 0.378 e. The van der Waals surface area contributed by atoms with Gasteiger partial charge in [0.25, 0.3) is 0 Å². The zero-order valence-electron chi connectivity index (χ0n) is 11.3. The van der Waals surface area contributed by atoms with Crippen LogP contribution < -0.4 is 5.32 Å². The van der Waals surface area contributed by atoms with Gasteiger partial charge >= 0.3 is 0 Å². The van der Waals surface area contributed by atoms with Crippen LogP contribution in [-0.2, 0) is 19.1 Å². The summed E-state index contributed by atoms with van der Waals surface area (Å²) in [7, 11) is 1.49. The lowest BCUT2D eigenvalue weighted by Crippen LogP contribution is -2.56. The van der Waals surface area contributed by atoms with Gasteiger partial charge in [-0.1, -0.05) is 0 Å². The summed E-state index contributed by atoms with van der Waals surface area (Å²) in [5, 5.41) is 2.84. The van der Waals surface area contributed by atoms with Gasteiger partial charge in [0.2, 0.25) is 5.91 Å². The van der Waals surface area contributed by atoms with Crippen LogP contribution >= 0.6 is 0 Å². The molecule has 1 amide bonds. The highest BCUT2D eigenvalue weighted by molar-refractivity contribution is 5.85. The second-order valence-electron chi connectivity index (χ2n) is 4.70. The summed E-state index contributed by atoms with van der Waals surface area (Å²) in [5.41, 5.74) is 0. The van der Waals surface area contributed by atoms with Crippen molar-refractivity contribution in [1.82, 2.24) is 10.2 Å². The maximum absolute atomic E-state index is 12.0. The molecule has 1 rings (SSSR count). The number of carbonyl (C=O) groups excluding carboxylic acids is 2. The van der Waals surface area contributed by atoms with Crippen molar-refractivity contribution in [2.75, 3.05) is 40.0 Å². The summed E-state index contributed by atoms with van der Waals surface area (Å²) in [6.07, 6.45) is 0. The van der Waals surface area contributed by atoms with E-state index in [-0.39, 0.29) is 36.9 Å². The molecule has 1 aliphatic rings. The zero-order valence-corrected chi connectivity index (χ0v) is 11.3. The Hall–Kier alpha value is -0.980. The van der Waals surface area contributed by atoms with Gasteiger partial charge in [0.15, 0.2) is 5.78 Å². The highest BCUT2D eigenvalue weighted by Crippen LogP contribution is 2.07. The Balaban J connectivity index is 2.56. The van der Waals surface area contributed by atoms with Gasteiger partial charge < -0.3 is 14.8 Å². The fraction of sp³-hybridized carbons (Fsp3) is 0.833. The second-order valence-corrected chi connectivity index (χ2v) is 4.70. The molecule has 0 bridgehead atoms. The van der Waals surface area contributed by atoms with Crippen molar-refractivity contribution in [2.24, 2.45) is 0 Å². The lowest BCUT2D eigenvalue weighted by atomic mass is 10.2. The second kappa shape index (κ2) is 7.45. The molecule has 0 aliphatic carbocycles. The molecular formula is C12H22N2O4. The Kier molecular flexibility index (Phi) is 6.24. The Bertz CT molecular complexity index is 294. The zero-order chi connectivity index (χ0) is 13.5. The molecule has 0 radical (unpaired) electrons. The molecule has 0 saturated carbocycles. The normalized spacial score (nSPS) is 21.0. The van der Waals surface area contributed by atoms with Gasteiger partial charge in [-0.3, -0.25) is 14.5 Å². The van der Waals surface area contributed by atoms with Crippen molar-refractivity contribution in [1.29, 1.82) is 0 Å². The monoisotopic (exact) mass is 258 g/mol. The van der Waals surface area contributed by atoms with Crippen molar-refractivity contribution < 1.29 is 19.1 Å². The number of hydrogen-bond donors (Lipinski definition) is 1. The summed E-state index contributed by atoms with van der Waals surface area (Å²) in [4.78, 5) is 25.4. The van der Waals surface area contributed by atoms with E-state index in [0.29, 0.717) is 19.8 Å². The number of hydrogen-bond acceptors (Lipinski definition) is 5.